The van der Waals surface area contributed by atoms with Crippen molar-refractivity contribution in [1.29, 1.82) is 0 Å². The fourth-order valence-electron chi connectivity index (χ4n) is 3.48. The van der Waals surface area contributed by atoms with Gasteiger partial charge in [0.05, 0.1) is 19.9 Å². The third kappa shape index (κ3) is 4.89. The highest BCUT2D eigenvalue weighted by atomic mass is 19.1. The van der Waals surface area contributed by atoms with Gasteiger partial charge < -0.3 is 14.2 Å². The molecule has 0 radical (unpaired) electrons. The Morgan fingerprint density at radius 3 is 2.23 bits per heavy atom. The molecular formula is C26H20F2N2O5. The van der Waals surface area contributed by atoms with Gasteiger partial charge in [-0.1, -0.05) is 18.2 Å². The van der Waals surface area contributed by atoms with Crippen LogP contribution in [0.15, 0.2) is 72.8 Å². The monoisotopic (exact) mass is 478 g/mol. The van der Waals surface area contributed by atoms with E-state index in [9.17, 15) is 18.4 Å². The SMILES string of the molecule is COC(=O)c1c(-c2ccc(OCc3cc(F)ccc3F)cc2)nn(-c2ccccc2)c1C(=O)OC. The smallest absolute Gasteiger partial charge is 0.357 e. The Balaban J connectivity index is 1.72. The van der Waals surface area contributed by atoms with Crippen LogP contribution >= 0.6 is 0 Å². The molecule has 4 aromatic rings. The summed E-state index contributed by atoms with van der Waals surface area (Å²) in [6, 6.07) is 18.4. The lowest BCUT2D eigenvalue weighted by molar-refractivity contribution is 0.0549. The van der Waals surface area contributed by atoms with Crippen LogP contribution in [-0.4, -0.2) is 35.9 Å². The summed E-state index contributed by atoms with van der Waals surface area (Å²) >= 11 is 0. The van der Waals surface area contributed by atoms with Crippen LogP contribution in [0, 0.1) is 11.6 Å². The van der Waals surface area contributed by atoms with E-state index in [0.717, 1.165) is 18.2 Å². The van der Waals surface area contributed by atoms with E-state index in [1.807, 2.05) is 0 Å². The first-order valence-electron chi connectivity index (χ1n) is 10.4. The van der Waals surface area contributed by atoms with Gasteiger partial charge in [0.15, 0.2) is 5.69 Å². The quantitative estimate of drug-likeness (QED) is 0.349. The number of halogens is 2. The summed E-state index contributed by atoms with van der Waals surface area (Å²) in [5, 5.41) is 4.52. The lowest BCUT2D eigenvalue weighted by Crippen LogP contribution is -2.15. The second kappa shape index (κ2) is 10.2. The van der Waals surface area contributed by atoms with Crippen molar-refractivity contribution in [1.82, 2.24) is 9.78 Å². The maximum atomic E-state index is 13.8. The normalized spacial score (nSPS) is 10.6. The van der Waals surface area contributed by atoms with Gasteiger partial charge in [-0.15, -0.1) is 0 Å². The van der Waals surface area contributed by atoms with Gasteiger partial charge in [-0.25, -0.2) is 23.1 Å². The molecule has 0 aliphatic carbocycles. The predicted octanol–water partition coefficient (Wildman–Crippen LogP) is 4.97. The minimum absolute atomic E-state index is 0.0568. The largest absolute Gasteiger partial charge is 0.489 e. The lowest BCUT2D eigenvalue weighted by Gasteiger charge is -2.08. The predicted molar refractivity (Wildman–Crippen MR) is 122 cm³/mol. The number of aromatic nitrogens is 2. The van der Waals surface area contributed by atoms with Gasteiger partial charge in [0.25, 0.3) is 0 Å². The standard InChI is InChI=1S/C26H20F2N2O5/c1-33-25(31)22-23(29-30(24(22)26(32)34-2)19-6-4-3-5-7-19)16-8-11-20(12-9-16)35-15-17-14-18(27)10-13-21(17)28/h3-14H,15H2,1-2H3. The van der Waals surface area contributed by atoms with Crippen LogP contribution in [0.5, 0.6) is 5.75 Å². The summed E-state index contributed by atoms with van der Waals surface area (Å²) in [5.74, 6) is -2.28. The van der Waals surface area contributed by atoms with Crippen LogP contribution in [-0.2, 0) is 16.1 Å². The van der Waals surface area contributed by atoms with Gasteiger partial charge in [0, 0.05) is 11.1 Å². The molecule has 0 saturated carbocycles. The average molecular weight is 478 g/mol. The van der Waals surface area contributed by atoms with Crippen molar-refractivity contribution >= 4 is 11.9 Å². The first-order chi connectivity index (χ1) is 16.9. The molecule has 9 heteroatoms. The summed E-state index contributed by atoms with van der Waals surface area (Å²) in [6.07, 6.45) is 0. The van der Waals surface area contributed by atoms with E-state index in [-0.39, 0.29) is 29.1 Å². The average Bonchev–Trinajstić information content (AvgIpc) is 3.30. The number of hydrogen-bond acceptors (Lipinski definition) is 6. The molecule has 1 heterocycles. The van der Waals surface area contributed by atoms with Crippen molar-refractivity contribution in [3.8, 4) is 22.7 Å². The number of para-hydroxylation sites is 1. The summed E-state index contributed by atoms with van der Waals surface area (Å²) in [7, 11) is 2.41. The van der Waals surface area contributed by atoms with E-state index in [4.69, 9.17) is 14.2 Å². The Kier molecular flexibility index (Phi) is 6.86. The molecule has 0 aliphatic rings. The number of rotatable bonds is 7. The highest BCUT2D eigenvalue weighted by Gasteiger charge is 2.31. The summed E-state index contributed by atoms with van der Waals surface area (Å²) in [4.78, 5) is 25.4. The zero-order valence-corrected chi connectivity index (χ0v) is 18.8. The third-order valence-corrected chi connectivity index (χ3v) is 5.18. The third-order valence-electron chi connectivity index (χ3n) is 5.18. The zero-order chi connectivity index (χ0) is 24.9. The minimum atomic E-state index is -0.760. The molecule has 0 N–H and O–H groups in total. The number of nitrogens with zero attached hydrogens (tertiary/aromatic N) is 2. The second-order valence-corrected chi connectivity index (χ2v) is 7.35. The summed E-state index contributed by atoms with van der Waals surface area (Å²) in [5.41, 5.74) is 1.17. The molecular weight excluding hydrogens is 458 g/mol. The number of carbonyl (C=O) groups is 2. The van der Waals surface area contributed by atoms with Crippen LogP contribution in [0.4, 0.5) is 8.78 Å². The van der Waals surface area contributed by atoms with E-state index in [1.54, 1.807) is 54.6 Å². The van der Waals surface area contributed by atoms with Gasteiger partial charge in [-0.2, -0.15) is 5.10 Å². The van der Waals surface area contributed by atoms with Crippen molar-refractivity contribution < 1.29 is 32.6 Å². The van der Waals surface area contributed by atoms with Crippen molar-refractivity contribution in [2.75, 3.05) is 14.2 Å². The van der Waals surface area contributed by atoms with Gasteiger partial charge >= 0.3 is 11.9 Å². The Hall–Kier alpha value is -4.53. The lowest BCUT2D eigenvalue weighted by atomic mass is 10.1. The fraction of sp³-hybridized carbons (Fsp3) is 0.115. The molecule has 178 valence electrons. The first-order valence-corrected chi connectivity index (χ1v) is 10.4. The van der Waals surface area contributed by atoms with E-state index in [2.05, 4.69) is 5.10 Å². The highest BCUT2D eigenvalue weighted by Crippen LogP contribution is 2.30. The van der Waals surface area contributed by atoms with Gasteiger partial charge in [-0.3, -0.25) is 0 Å². The van der Waals surface area contributed by atoms with Crippen LogP contribution in [0.25, 0.3) is 16.9 Å². The molecule has 0 fully saturated rings. The van der Waals surface area contributed by atoms with Crippen LogP contribution in [0.1, 0.15) is 26.4 Å². The Morgan fingerprint density at radius 1 is 0.886 bits per heavy atom. The Morgan fingerprint density at radius 2 is 1.57 bits per heavy atom. The Bertz CT molecular complexity index is 1370. The molecule has 0 amide bonds. The van der Waals surface area contributed by atoms with Crippen LogP contribution < -0.4 is 4.74 Å². The van der Waals surface area contributed by atoms with E-state index in [1.165, 1.54) is 18.9 Å². The number of esters is 2. The van der Waals surface area contributed by atoms with Gasteiger partial charge in [-0.05, 0) is 54.6 Å². The minimum Gasteiger partial charge on any atom is -0.489 e. The number of ether oxygens (including phenoxy) is 3. The molecule has 1 aromatic heterocycles. The van der Waals surface area contributed by atoms with Gasteiger partial charge in [0.2, 0.25) is 0 Å². The molecule has 0 saturated heterocycles. The molecule has 4 rings (SSSR count). The maximum Gasteiger partial charge on any atom is 0.357 e. The van der Waals surface area contributed by atoms with Crippen molar-refractivity contribution in [2.24, 2.45) is 0 Å². The van der Waals surface area contributed by atoms with E-state index >= 15 is 0 Å². The molecule has 0 bridgehead atoms. The van der Waals surface area contributed by atoms with Crippen molar-refractivity contribution in [3.63, 3.8) is 0 Å². The first kappa shape index (κ1) is 23.6. The molecule has 7 nitrogen and oxygen atoms in total. The summed E-state index contributed by atoms with van der Waals surface area (Å²) in [6.45, 7) is -0.175. The number of benzene rings is 3. The zero-order valence-electron chi connectivity index (χ0n) is 18.8. The van der Waals surface area contributed by atoms with Crippen LogP contribution in [0.2, 0.25) is 0 Å². The number of methoxy groups -OCH3 is 2. The van der Waals surface area contributed by atoms with Crippen molar-refractivity contribution in [3.05, 3.63) is 101 Å². The molecule has 35 heavy (non-hydrogen) atoms. The second-order valence-electron chi connectivity index (χ2n) is 7.35. The Labute approximate surface area is 199 Å². The molecule has 0 atom stereocenters. The highest BCUT2D eigenvalue weighted by molar-refractivity contribution is 6.06. The molecule has 0 unspecified atom stereocenters. The maximum absolute atomic E-state index is 13.8. The summed E-state index contributed by atoms with van der Waals surface area (Å²) < 4.78 is 44.0. The van der Waals surface area contributed by atoms with Gasteiger partial charge in [0.1, 0.15) is 35.2 Å². The van der Waals surface area contributed by atoms with E-state index < -0.39 is 23.6 Å². The molecule has 0 aliphatic heterocycles. The number of carbonyl (C=O) groups excluding carboxylic acids is 2. The topological polar surface area (TPSA) is 79.7 Å². The molecule has 0 spiro atoms. The fourth-order valence-corrected chi connectivity index (χ4v) is 3.48. The van der Waals surface area contributed by atoms with E-state index in [0.29, 0.717) is 17.0 Å². The number of hydrogen-bond donors (Lipinski definition) is 0. The molecule has 3 aromatic carbocycles. The van der Waals surface area contributed by atoms with Crippen LogP contribution in [0.3, 0.4) is 0 Å². The van der Waals surface area contributed by atoms with Crippen molar-refractivity contribution in [2.45, 2.75) is 6.61 Å².